The molecular weight excluding hydrogens is 248 g/mol. The third-order valence-corrected chi connectivity index (χ3v) is 3.00. The summed E-state index contributed by atoms with van der Waals surface area (Å²) in [6, 6.07) is 14.2. The van der Waals surface area contributed by atoms with Gasteiger partial charge in [-0.25, -0.2) is 0 Å². The van der Waals surface area contributed by atoms with Crippen LogP contribution in [0.1, 0.15) is 13.8 Å². The molecule has 1 amide bonds. The molecule has 0 atom stereocenters. The minimum atomic E-state index is 0.0499. The van der Waals surface area contributed by atoms with Gasteiger partial charge in [0.25, 0.3) is 5.91 Å². The molecule has 0 unspecified atom stereocenters. The number of rotatable bonds is 5. The molecule has 104 valence electrons. The first-order valence-corrected chi connectivity index (χ1v) is 6.96. The molecule has 3 heteroatoms. The summed E-state index contributed by atoms with van der Waals surface area (Å²) in [5.74, 6) is 0.522. The van der Waals surface area contributed by atoms with Gasteiger partial charge in [-0.2, -0.15) is 4.57 Å². The molecule has 0 aliphatic rings. The van der Waals surface area contributed by atoms with Gasteiger partial charge in [0.05, 0.1) is 0 Å². The maximum Gasteiger partial charge on any atom is 0.285 e. The van der Waals surface area contributed by atoms with Crippen molar-refractivity contribution in [2.45, 2.75) is 20.4 Å². The number of pyridine rings is 1. The van der Waals surface area contributed by atoms with E-state index in [-0.39, 0.29) is 5.91 Å². The quantitative estimate of drug-likeness (QED) is 0.831. The van der Waals surface area contributed by atoms with Gasteiger partial charge in [-0.3, -0.25) is 4.79 Å². The van der Waals surface area contributed by atoms with Crippen molar-refractivity contribution in [2.75, 3.05) is 6.54 Å². The van der Waals surface area contributed by atoms with Crippen LogP contribution in [0.4, 0.5) is 0 Å². The zero-order valence-electron chi connectivity index (χ0n) is 12.0. The van der Waals surface area contributed by atoms with Crippen molar-refractivity contribution in [2.24, 2.45) is 5.92 Å². The molecule has 3 nitrogen and oxygen atoms in total. The van der Waals surface area contributed by atoms with Crippen molar-refractivity contribution >= 4 is 5.91 Å². The standard InChI is InChI=1S/C17H20N2O/c1-14(2)11-18-17(20)13-19-10-6-9-16(12-19)15-7-4-3-5-8-15/h3-10,12,14H,11,13H2,1-2H3/p+1. The van der Waals surface area contributed by atoms with Gasteiger partial charge in [0.1, 0.15) is 0 Å². The minimum absolute atomic E-state index is 0.0499. The van der Waals surface area contributed by atoms with E-state index in [2.05, 4.69) is 37.4 Å². The number of hydrogen-bond donors (Lipinski definition) is 1. The molecule has 0 radical (unpaired) electrons. The maximum absolute atomic E-state index is 11.8. The third kappa shape index (κ3) is 4.19. The van der Waals surface area contributed by atoms with Crippen LogP contribution in [0.5, 0.6) is 0 Å². The van der Waals surface area contributed by atoms with Crippen molar-refractivity contribution in [3.63, 3.8) is 0 Å². The average Bonchev–Trinajstić information content (AvgIpc) is 2.46. The second kappa shape index (κ2) is 6.85. The van der Waals surface area contributed by atoms with Crippen LogP contribution in [0.25, 0.3) is 11.1 Å². The third-order valence-electron chi connectivity index (χ3n) is 3.00. The summed E-state index contributed by atoms with van der Waals surface area (Å²) in [6.45, 7) is 5.25. The molecule has 2 rings (SSSR count). The Labute approximate surface area is 120 Å². The number of aromatic nitrogens is 1. The van der Waals surface area contributed by atoms with Gasteiger partial charge in [-0.15, -0.1) is 0 Å². The Hall–Kier alpha value is -2.16. The highest BCUT2D eigenvalue weighted by molar-refractivity contribution is 5.74. The fraction of sp³-hybridized carbons (Fsp3) is 0.294. The van der Waals surface area contributed by atoms with Gasteiger partial charge >= 0.3 is 0 Å². The average molecular weight is 269 g/mol. The lowest BCUT2D eigenvalue weighted by atomic mass is 10.1. The summed E-state index contributed by atoms with van der Waals surface area (Å²) in [7, 11) is 0. The fourth-order valence-corrected chi connectivity index (χ4v) is 1.96. The Morgan fingerprint density at radius 1 is 1.10 bits per heavy atom. The SMILES string of the molecule is CC(C)CNC(=O)C[n+]1cccc(-c2ccccc2)c1. The Balaban J connectivity index is 2.05. The lowest BCUT2D eigenvalue weighted by Gasteiger charge is -2.06. The summed E-state index contributed by atoms with van der Waals surface area (Å²) >= 11 is 0. The number of benzene rings is 1. The van der Waals surface area contributed by atoms with Crippen LogP contribution in [0.15, 0.2) is 54.9 Å². The Bertz CT molecular complexity index is 564. The smallest absolute Gasteiger partial charge is 0.285 e. The lowest BCUT2D eigenvalue weighted by molar-refractivity contribution is -0.684. The largest absolute Gasteiger partial charge is 0.350 e. The van der Waals surface area contributed by atoms with E-state index in [9.17, 15) is 4.79 Å². The number of carbonyl (C=O) groups excluding carboxylic acids is 1. The minimum Gasteiger partial charge on any atom is -0.350 e. The highest BCUT2D eigenvalue weighted by atomic mass is 16.1. The van der Waals surface area contributed by atoms with E-state index in [4.69, 9.17) is 0 Å². The Kier molecular flexibility index (Phi) is 4.88. The number of nitrogens with one attached hydrogen (secondary N) is 1. The van der Waals surface area contributed by atoms with E-state index in [0.29, 0.717) is 12.5 Å². The molecule has 2 aromatic rings. The van der Waals surface area contributed by atoms with Gasteiger partial charge in [0.15, 0.2) is 12.4 Å². The lowest BCUT2D eigenvalue weighted by Crippen LogP contribution is -2.43. The monoisotopic (exact) mass is 269 g/mol. The van der Waals surface area contributed by atoms with Crippen LogP contribution in [0.2, 0.25) is 0 Å². The van der Waals surface area contributed by atoms with E-state index in [0.717, 1.165) is 17.7 Å². The number of hydrogen-bond acceptors (Lipinski definition) is 1. The van der Waals surface area contributed by atoms with E-state index in [1.165, 1.54) is 0 Å². The molecular formula is C17H21N2O+. The summed E-state index contributed by atoms with van der Waals surface area (Å²) < 4.78 is 1.91. The molecule has 0 saturated heterocycles. The fourth-order valence-electron chi connectivity index (χ4n) is 1.96. The van der Waals surface area contributed by atoms with E-state index >= 15 is 0 Å². The Morgan fingerprint density at radius 3 is 2.50 bits per heavy atom. The van der Waals surface area contributed by atoms with E-state index in [1.54, 1.807) is 0 Å². The topological polar surface area (TPSA) is 33.0 Å². The number of amides is 1. The normalized spacial score (nSPS) is 10.6. The molecule has 0 fully saturated rings. The van der Waals surface area contributed by atoms with Crippen molar-refractivity contribution in [3.8, 4) is 11.1 Å². The van der Waals surface area contributed by atoms with Crippen LogP contribution in [-0.2, 0) is 11.3 Å². The molecule has 0 aliphatic heterocycles. The van der Waals surface area contributed by atoms with Crippen molar-refractivity contribution in [1.82, 2.24) is 5.32 Å². The van der Waals surface area contributed by atoms with Crippen molar-refractivity contribution in [3.05, 3.63) is 54.9 Å². The molecule has 1 N–H and O–H groups in total. The summed E-state index contributed by atoms with van der Waals surface area (Å²) in [5, 5.41) is 2.93. The summed E-state index contributed by atoms with van der Waals surface area (Å²) in [4.78, 5) is 11.8. The van der Waals surface area contributed by atoms with E-state index < -0.39 is 0 Å². The first-order chi connectivity index (χ1) is 9.65. The zero-order chi connectivity index (χ0) is 14.4. The highest BCUT2D eigenvalue weighted by Crippen LogP contribution is 2.15. The molecule has 0 spiro atoms. The van der Waals surface area contributed by atoms with Crippen LogP contribution < -0.4 is 9.88 Å². The molecule has 0 saturated carbocycles. The van der Waals surface area contributed by atoms with Crippen molar-refractivity contribution < 1.29 is 9.36 Å². The van der Waals surface area contributed by atoms with Gasteiger partial charge in [0, 0.05) is 18.2 Å². The first-order valence-electron chi connectivity index (χ1n) is 6.96. The van der Waals surface area contributed by atoms with Gasteiger partial charge in [-0.05, 0) is 17.5 Å². The maximum atomic E-state index is 11.8. The predicted molar refractivity (Wildman–Crippen MR) is 79.9 cm³/mol. The van der Waals surface area contributed by atoms with Gasteiger partial charge < -0.3 is 5.32 Å². The summed E-state index contributed by atoms with van der Waals surface area (Å²) in [5.41, 5.74) is 2.27. The molecule has 1 aromatic carbocycles. The van der Waals surface area contributed by atoms with Crippen LogP contribution in [-0.4, -0.2) is 12.5 Å². The number of nitrogens with zero attached hydrogens (tertiary/aromatic N) is 1. The molecule has 0 aliphatic carbocycles. The zero-order valence-corrected chi connectivity index (χ0v) is 12.0. The van der Waals surface area contributed by atoms with Crippen LogP contribution in [0.3, 0.4) is 0 Å². The van der Waals surface area contributed by atoms with Crippen LogP contribution in [0, 0.1) is 5.92 Å². The summed E-state index contributed by atoms with van der Waals surface area (Å²) in [6.07, 6.45) is 3.92. The highest BCUT2D eigenvalue weighted by Gasteiger charge is 2.10. The van der Waals surface area contributed by atoms with Gasteiger partial charge in [-0.1, -0.05) is 44.2 Å². The number of carbonyl (C=O) groups is 1. The second-order valence-electron chi connectivity index (χ2n) is 5.33. The Morgan fingerprint density at radius 2 is 1.80 bits per heavy atom. The predicted octanol–water partition coefficient (Wildman–Crippen LogP) is 2.41. The van der Waals surface area contributed by atoms with Crippen molar-refractivity contribution in [1.29, 1.82) is 0 Å². The van der Waals surface area contributed by atoms with Gasteiger partial charge in [0.2, 0.25) is 6.54 Å². The first kappa shape index (κ1) is 14.3. The van der Waals surface area contributed by atoms with E-state index in [1.807, 2.05) is 41.2 Å². The van der Waals surface area contributed by atoms with Crippen LogP contribution >= 0.6 is 0 Å². The molecule has 20 heavy (non-hydrogen) atoms. The molecule has 0 bridgehead atoms. The second-order valence-corrected chi connectivity index (χ2v) is 5.33. The molecule has 1 aromatic heterocycles. The molecule has 1 heterocycles.